The minimum atomic E-state index is 0.475. The van der Waals surface area contributed by atoms with E-state index in [1.165, 1.54) is 11.1 Å². The Labute approximate surface area is 180 Å². The van der Waals surface area contributed by atoms with Crippen LogP contribution in [0.5, 0.6) is 0 Å². The highest BCUT2D eigenvalue weighted by Gasteiger charge is 2.17. The first-order valence-electron chi connectivity index (χ1n) is 10.3. The predicted octanol–water partition coefficient (Wildman–Crippen LogP) is 7.01. The Hall–Kier alpha value is -3.30. The van der Waals surface area contributed by atoms with Gasteiger partial charge in [0.05, 0.1) is 5.69 Å². The molecule has 1 heterocycles. The molecule has 0 saturated heterocycles. The molecule has 3 heteroatoms. The van der Waals surface area contributed by atoms with Gasteiger partial charge in [0.15, 0.2) is 0 Å². The molecule has 3 nitrogen and oxygen atoms in total. The van der Waals surface area contributed by atoms with Gasteiger partial charge in [-0.3, -0.25) is 0 Å². The van der Waals surface area contributed by atoms with Crippen molar-refractivity contribution < 1.29 is 0 Å². The Morgan fingerprint density at radius 1 is 1.00 bits per heavy atom. The summed E-state index contributed by atoms with van der Waals surface area (Å²) in [5.74, 6) is 0. The fraction of sp³-hybridized carbons (Fsp3) is 0.185. The topological polar surface area (TPSA) is 43.0 Å². The second-order valence-electron chi connectivity index (χ2n) is 7.38. The lowest BCUT2D eigenvalue weighted by Crippen LogP contribution is -2.05. The minimum absolute atomic E-state index is 0.475. The van der Waals surface area contributed by atoms with Crippen molar-refractivity contribution in [1.29, 1.82) is 0 Å². The zero-order valence-corrected chi connectivity index (χ0v) is 18.4. The number of hydrogen-bond donors (Lipinski definition) is 2. The van der Waals surface area contributed by atoms with Crippen LogP contribution in [0.15, 0.2) is 61.2 Å². The number of nitrogens with one attached hydrogen (secondary N) is 1. The van der Waals surface area contributed by atoms with Gasteiger partial charge in [0, 0.05) is 34.9 Å². The third-order valence-corrected chi connectivity index (χ3v) is 5.29. The number of aryl methyl sites for hydroxylation is 1. The molecular weight excluding hydrogens is 366 g/mol. The van der Waals surface area contributed by atoms with Crippen LogP contribution in [0.4, 0.5) is 11.4 Å². The molecule has 0 bridgehead atoms. The molecule has 154 valence electrons. The van der Waals surface area contributed by atoms with Crippen LogP contribution in [0.25, 0.3) is 23.9 Å². The van der Waals surface area contributed by atoms with Gasteiger partial charge in [0.1, 0.15) is 0 Å². The van der Waals surface area contributed by atoms with Gasteiger partial charge in [-0.1, -0.05) is 43.0 Å². The maximum absolute atomic E-state index is 6.06. The summed E-state index contributed by atoms with van der Waals surface area (Å²) in [5, 5.41) is 3.57. The molecule has 0 spiro atoms. The molecule has 0 aliphatic rings. The number of nitrogens with zero attached hydrogens (tertiary/aromatic N) is 1. The zero-order valence-electron chi connectivity index (χ0n) is 18.4. The quantitative estimate of drug-likeness (QED) is 0.450. The summed E-state index contributed by atoms with van der Waals surface area (Å²) in [6.45, 7) is 12.9. The third-order valence-electron chi connectivity index (χ3n) is 5.29. The summed E-state index contributed by atoms with van der Waals surface area (Å²) in [5.41, 5.74) is 16.2. The zero-order chi connectivity index (χ0) is 21.7. The molecule has 2 aromatic carbocycles. The maximum atomic E-state index is 6.06. The van der Waals surface area contributed by atoms with Crippen LogP contribution in [-0.2, 0) is 6.54 Å². The Balaban J connectivity index is 2.25. The fourth-order valence-corrected chi connectivity index (χ4v) is 3.83. The third kappa shape index (κ3) is 4.17. The molecule has 3 N–H and O–H groups in total. The lowest BCUT2D eigenvalue weighted by atomic mass is 10.1. The SMILES string of the molecule is C=Cc1c(C)c(/C=C\C)n(-c2cc(CN)cc(Nc3ccccc3C)c2)c1/C=C\C. The summed E-state index contributed by atoms with van der Waals surface area (Å²) in [7, 11) is 0. The average molecular weight is 398 g/mol. The summed E-state index contributed by atoms with van der Waals surface area (Å²) in [6, 6.07) is 14.8. The summed E-state index contributed by atoms with van der Waals surface area (Å²) in [6.07, 6.45) is 10.4. The highest BCUT2D eigenvalue weighted by Crippen LogP contribution is 2.32. The van der Waals surface area contributed by atoms with Gasteiger partial charge in [-0.2, -0.15) is 0 Å². The van der Waals surface area contributed by atoms with Gasteiger partial charge < -0.3 is 15.6 Å². The molecule has 0 radical (unpaired) electrons. The predicted molar refractivity (Wildman–Crippen MR) is 132 cm³/mol. The lowest BCUT2D eigenvalue weighted by molar-refractivity contribution is 1.01. The molecule has 0 amide bonds. The van der Waals surface area contributed by atoms with E-state index in [4.69, 9.17) is 5.73 Å². The molecule has 3 aromatic rings. The van der Waals surface area contributed by atoms with E-state index in [-0.39, 0.29) is 0 Å². The molecule has 0 aliphatic heterocycles. The monoisotopic (exact) mass is 397 g/mol. The minimum Gasteiger partial charge on any atom is -0.355 e. The number of anilines is 2. The van der Waals surface area contributed by atoms with E-state index >= 15 is 0 Å². The average Bonchev–Trinajstić information content (AvgIpc) is 3.00. The molecule has 0 unspecified atom stereocenters. The molecule has 0 aliphatic carbocycles. The van der Waals surface area contributed by atoms with Crippen LogP contribution in [0, 0.1) is 13.8 Å². The van der Waals surface area contributed by atoms with Crippen molar-refractivity contribution in [1.82, 2.24) is 4.57 Å². The first-order valence-corrected chi connectivity index (χ1v) is 10.3. The Morgan fingerprint density at radius 3 is 2.33 bits per heavy atom. The van der Waals surface area contributed by atoms with Crippen LogP contribution >= 0.6 is 0 Å². The molecule has 30 heavy (non-hydrogen) atoms. The van der Waals surface area contributed by atoms with Crippen LogP contribution in [0.3, 0.4) is 0 Å². The van der Waals surface area contributed by atoms with Crippen molar-refractivity contribution in [3.63, 3.8) is 0 Å². The van der Waals surface area contributed by atoms with Crippen molar-refractivity contribution in [2.45, 2.75) is 34.2 Å². The highest BCUT2D eigenvalue weighted by atomic mass is 15.0. The Bertz CT molecular complexity index is 1110. The van der Waals surface area contributed by atoms with E-state index in [2.05, 4.69) is 84.9 Å². The lowest BCUT2D eigenvalue weighted by Gasteiger charge is -2.16. The largest absolute Gasteiger partial charge is 0.355 e. The normalized spacial score (nSPS) is 11.5. The first-order chi connectivity index (χ1) is 14.5. The molecule has 0 fully saturated rings. The van der Waals surface area contributed by atoms with Crippen molar-refractivity contribution in [3.8, 4) is 5.69 Å². The van der Waals surface area contributed by atoms with Crippen LogP contribution in [-0.4, -0.2) is 4.57 Å². The molecular formula is C27H31N3. The highest BCUT2D eigenvalue weighted by molar-refractivity contribution is 5.75. The van der Waals surface area contributed by atoms with Crippen LogP contribution in [0.1, 0.15) is 47.5 Å². The summed E-state index contributed by atoms with van der Waals surface area (Å²) in [4.78, 5) is 0. The summed E-state index contributed by atoms with van der Waals surface area (Å²) < 4.78 is 2.29. The molecule has 0 saturated carbocycles. The number of hydrogen-bond acceptors (Lipinski definition) is 2. The second-order valence-corrected chi connectivity index (χ2v) is 7.38. The summed E-state index contributed by atoms with van der Waals surface area (Å²) >= 11 is 0. The van der Waals surface area contributed by atoms with E-state index in [1.54, 1.807) is 0 Å². The van der Waals surface area contributed by atoms with Crippen LogP contribution < -0.4 is 11.1 Å². The number of nitrogens with two attached hydrogens (primary N) is 1. The number of aromatic nitrogens is 1. The van der Waals surface area contributed by atoms with E-state index in [0.717, 1.165) is 39.6 Å². The molecule has 0 atom stereocenters. The number of benzene rings is 2. The first kappa shape index (κ1) is 21.4. The van der Waals surface area contributed by atoms with Gasteiger partial charge in [0.2, 0.25) is 0 Å². The van der Waals surface area contributed by atoms with E-state index in [0.29, 0.717) is 6.54 Å². The van der Waals surface area contributed by atoms with Crippen LogP contribution in [0.2, 0.25) is 0 Å². The Kier molecular flexibility index (Phi) is 6.76. The van der Waals surface area contributed by atoms with Gasteiger partial charge >= 0.3 is 0 Å². The number of para-hydroxylation sites is 1. The standard InChI is InChI=1S/C27H31N3/c1-6-11-26-20(5)24(8-3)27(12-7-2)30(26)23-16-21(18-28)15-22(17-23)29-25-14-10-9-13-19(25)4/h6-17,29H,3,18,28H2,1-2,4-5H3/b11-6-,12-7-. The maximum Gasteiger partial charge on any atom is 0.0534 e. The van der Waals surface area contributed by atoms with Crippen molar-refractivity contribution in [2.24, 2.45) is 5.73 Å². The van der Waals surface area contributed by atoms with Gasteiger partial charge in [0.25, 0.3) is 0 Å². The molecule has 1 aromatic heterocycles. The number of allylic oxidation sites excluding steroid dienone is 2. The number of rotatable bonds is 7. The van der Waals surface area contributed by atoms with E-state index in [1.807, 2.05) is 32.1 Å². The van der Waals surface area contributed by atoms with E-state index < -0.39 is 0 Å². The van der Waals surface area contributed by atoms with Gasteiger partial charge in [-0.15, -0.1) is 0 Å². The second kappa shape index (κ2) is 9.47. The van der Waals surface area contributed by atoms with Gasteiger partial charge in [-0.25, -0.2) is 0 Å². The van der Waals surface area contributed by atoms with Gasteiger partial charge in [-0.05, 0) is 80.8 Å². The Morgan fingerprint density at radius 2 is 1.70 bits per heavy atom. The van der Waals surface area contributed by atoms with Crippen molar-refractivity contribution in [3.05, 3.63) is 94.8 Å². The van der Waals surface area contributed by atoms with Crippen molar-refractivity contribution >= 4 is 29.6 Å². The van der Waals surface area contributed by atoms with Crippen molar-refractivity contribution in [2.75, 3.05) is 5.32 Å². The van der Waals surface area contributed by atoms with E-state index in [9.17, 15) is 0 Å². The fourth-order valence-electron chi connectivity index (χ4n) is 3.83. The smallest absolute Gasteiger partial charge is 0.0534 e. The molecule has 3 rings (SSSR count).